The summed E-state index contributed by atoms with van der Waals surface area (Å²) in [6, 6.07) is 18.7. The van der Waals surface area contributed by atoms with Crippen molar-refractivity contribution in [2.75, 3.05) is 55.4 Å². The Bertz CT molecular complexity index is 953. The first-order chi connectivity index (χ1) is 14.6. The molecule has 0 unspecified atom stereocenters. The van der Waals surface area contributed by atoms with Crippen LogP contribution in [0.5, 0.6) is 0 Å². The first-order valence-electron chi connectivity index (χ1n) is 10.2. The largest absolute Gasteiger partial charge is 0.363 e. The van der Waals surface area contributed by atoms with Crippen molar-refractivity contribution < 1.29 is 4.39 Å². The molecule has 3 aromatic rings. The minimum atomic E-state index is -0.258. The molecule has 0 spiro atoms. The van der Waals surface area contributed by atoms with Crippen LogP contribution < -0.4 is 15.1 Å². The molecule has 2 heterocycles. The van der Waals surface area contributed by atoms with Gasteiger partial charge < -0.3 is 15.1 Å². The molecule has 30 heavy (non-hydrogen) atoms. The number of nitrogens with zero attached hydrogens (tertiary/aromatic N) is 5. The molecule has 4 rings (SSSR count). The van der Waals surface area contributed by atoms with E-state index >= 15 is 0 Å². The third-order valence-corrected chi connectivity index (χ3v) is 5.18. The number of hydrogen-bond acceptors (Lipinski definition) is 6. The van der Waals surface area contributed by atoms with Crippen LogP contribution in [-0.2, 0) is 6.54 Å². The summed E-state index contributed by atoms with van der Waals surface area (Å²) in [5, 5.41) is 3.27. The van der Waals surface area contributed by atoms with Crippen molar-refractivity contribution in [3.05, 3.63) is 72.0 Å². The minimum Gasteiger partial charge on any atom is -0.363 e. The van der Waals surface area contributed by atoms with Crippen LogP contribution in [0.4, 0.5) is 27.7 Å². The van der Waals surface area contributed by atoms with Crippen molar-refractivity contribution in [3.63, 3.8) is 0 Å². The van der Waals surface area contributed by atoms with Gasteiger partial charge in [0.2, 0.25) is 5.95 Å². The van der Waals surface area contributed by atoms with Gasteiger partial charge >= 0.3 is 0 Å². The smallest absolute Gasteiger partial charge is 0.229 e. The van der Waals surface area contributed by atoms with E-state index < -0.39 is 0 Å². The molecule has 0 saturated carbocycles. The molecular weight excluding hydrogens is 379 g/mol. The average Bonchev–Trinajstić information content (AvgIpc) is 2.76. The highest BCUT2D eigenvalue weighted by atomic mass is 19.1. The van der Waals surface area contributed by atoms with Gasteiger partial charge in [0.1, 0.15) is 17.5 Å². The van der Waals surface area contributed by atoms with Gasteiger partial charge in [-0.25, -0.2) is 4.39 Å². The highest BCUT2D eigenvalue weighted by Crippen LogP contribution is 2.23. The van der Waals surface area contributed by atoms with Crippen LogP contribution in [0, 0.1) is 5.82 Å². The summed E-state index contributed by atoms with van der Waals surface area (Å²) >= 11 is 0. The molecule has 1 N–H and O–H groups in total. The number of benzene rings is 2. The average molecular weight is 407 g/mol. The van der Waals surface area contributed by atoms with Crippen molar-refractivity contribution in [2.24, 2.45) is 0 Å². The molecular formula is C23H27FN6. The predicted octanol–water partition coefficient (Wildman–Crippen LogP) is 3.75. The van der Waals surface area contributed by atoms with E-state index in [0.717, 1.165) is 44.2 Å². The molecule has 0 bridgehead atoms. The molecule has 2 aromatic carbocycles. The summed E-state index contributed by atoms with van der Waals surface area (Å²) in [4.78, 5) is 16.1. The zero-order chi connectivity index (χ0) is 20.9. The van der Waals surface area contributed by atoms with E-state index in [4.69, 9.17) is 9.97 Å². The van der Waals surface area contributed by atoms with Crippen LogP contribution in [0.1, 0.15) is 5.56 Å². The van der Waals surface area contributed by atoms with Crippen molar-refractivity contribution in [2.45, 2.75) is 6.54 Å². The van der Waals surface area contributed by atoms with E-state index in [-0.39, 0.29) is 5.82 Å². The van der Waals surface area contributed by atoms with Gasteiger partial charge in [-0.1, -0.05) is 30.3 Å². The van der Waals surface area contributed by atoms with Crippen LogP contribution in [0.2, 0.25) is 0 Å². The first-order valence-corrected chi connectivity index (χ1v) is 10.2. The molecule has 1 saturated heterocycles. The lowest BCUT2D eigenvalue weighted by atomic mass is 10.2. The number of nitrogens with one attached hydrogen (secondary N) is 1. The van der Waals surface area contributed by atoms with Crippen molar-refractivity contribution in [1.82, 2.24) is 14.9 Å². The number of anilines is 4. The van der Waals surface area contributed by atoms with E-state index in [2.05, 4.69) is 39.4 Å². The molecule has 1 aliphatic heterocycles. The topological polar surface area (TPSA) is 47.5 Å². The Balaban J connectivity index is 1.46. The SMILES string of the molecule is CN(C)c1cc(Nc2ccc(F)cc2)nc(N2CCN(Cc3ccccc3)CC2)n1. The fourth-order valence-electron chi connectivity index (χ4n) is 3.49. The lowest BCUT2D eigenvalue weighted by Crippen LogP contribution is -2.46. The maximum absolute atomic E-state index is 13.2. The number of aromatic nitrogens is 2. The second-order valence-corrected chi connectivity index (χ2v) is 7.69. The van der Waals surface area contributed by atoms with Crippen LogP contribution in [0.3, 0.4) is 0 Å². The minimum absolute atomic E-state index is 0.258. The molecule has 7 heteroatoms. The van der Waals surface area contributed by atoms with Gasteiger partial charge in [0.15, 0.2) is 0 Å². The Morgan fingerprint density at radius 1 is 0.933 bits per heavy atom. The monoisotopic (exact) mass is 406 g/mol. The quantitative estimate of drug-likeness (QED) is 0.673. The molecule has 156 valence electrons. The third-order valence-electron chi connectivity index (χ3n) is 5.18. The Morgan fingerprint density at radius 3 is 2.30 bits per heavy atom. The van der Waals surface area contributed by atoms with Gasteiger partial charge in [0, 0.05) is 58.6 Å². The zero-order valence-electron chi connectivity index (χ0n) is 17.4. The summed E-state index contributed by atoms with van der Waals surface area (Å²) in [5.41, 5.74) is 2.13. The lowest BCUT2D eigenvalue weighted by Gasteiger charge is -2.35. The Kier molecular flexibility index (Phi) is 6.09. The van der Waals surface area contributed by atoms with E-state index in [9.17, 15) is 4.39 Å². The van der Waals surface area contributed by atoms with E-state index in [0.29, 0.717) is 11.8 Å². The summed E-state index contributed by atoms with van der Waals surface area (Å²) in [7, 11) is 3.93. The van der Waals surface area contributed by atoms with Crippen molar-refractivity contribution in [3.8, 4) is 0 Å². The molecule has 0 aliphatic carbocycles. The third kappa shape index (κ3) is 5.04. The molecule has 6 nitrogen and oxygen atoms in total. The van der Waals surface area contributed by atoms with Crippen LogP contribution in [0.25, 0.3) is 0 Å². The lowest BCUT2D eigenvalue weighted by molar-refractivity contribution is 0.249. The van der Waals surface area contributed by atoms with Crippen LogP contribution >= 0.6 is 0 Å². The van der Waals surface area contributed by atoms with E-state index in [1.54, 1.807) is 12.1 Å². The predicted molar refractivity (Wildman–Crippen MR) is 120 cm³/mol. The normalized spacial score (nSPS) is 14.6. The zero-order valence-corrected chi connectivity index (χ0v) is 17.4. The Hall–Kier alpha value is -3.19. The van der Waals surface area contributed by atoms with Gasteiger partial charge in [-0.3, -0.25) is 4.90 Å². The summed E-state index contributed by atoms with van der Waals surface area (Å²) in [6.45, 7) is 4.64. The second-order valence-electron chi connectivity index (χ2n) is 7.69. The van der Waals surface area contributed by atoms with Gasteiger partial charge in [0.25, 0.3) is 0 Å². The van der Waals surface area contributed by atoms with Gasteiger partial charge in [-0.2, -0.15) is 9.97 Å². The highest BCUT2D eigenvalue weighted by Gasteiger charge is 2.20. The van der Waals surface area contributed by atoms with Crippen LogP contribution in [0.15, 0.2) is 60.7 Å². The molecule has 0 radical (unpaired) electrons. The molecule has 0 atom stereocenters. The van der Waals surface area contributed by atoms with Crippen LogP contribution in [-0.4, -0.2) is 55.1 Å². The molecule has 0 amide bonds. The fraction of sp³-hybridized carbons (Fsp3) is 0.304. The molecule has 1 fully saturated rings. The van der Waals surface area contributed by atoms with Crippen molar-refractivity contribution in [1.29, 1.82) is 0 Å². The number of rotatable bonds is 6. The summed E-state index contributed by atoms with van der Waals surface area (Å²) in [6.07, 6.45) is 0. The number of hydrogen-bond donors (Lipinski definition) is 1. The standard InChI is InChI=1S/C23H27FN6/c1-28(2)22-16-21(25-20-10-8-19(24)9-11-20)26-23(27-22)30-14-12-29(13-15-30)17-18-6-4-3-5-7-18/h3-11,16H,12-15,17H2,1-2H3,(H,25,26,27). The Labute approximate surface area is 177 Å². The maximum atomic E-state index is 13.2. The van der Waals surface area contributed by atoms with E-state index in [1.807, 2.05) is 31.1 Å². The van der Waals surface area contributed by atoms with Crippen molar-refractivity contribution >= 4 is 23.3 Å². The van der Waals surface area contributed by atoms with Gasteiger partial charge in [-0.15, -0.1) is 0 Å². The summed E-state index contributed by atoms with van der Waals surface area (Å²) in [5.74, 6) is 1.98. The van der Waals surface area contributed by atoms with Gasteiger partial charge in [0.05, 0.1) is 0 Å². The summed E-state index contributed by atoms with van der Waals surface area (Å²) < 4.78 is 13.2. The van der Waals surface area contributed by atoms with Gasteiger partial charge in [-0.05, 0) is 29.8 Å². The second kappa shape index (κ2) is 9.09. The number of piperazine rings is 1. The molecule has 1 aliphatic rings. The van der Waals surface area contributed by atoms with E-state index in [1.165, 1.54) is 17.7 Å². The Morgan fingerprint density at radius 2 is 1.63 bits per heavy atom. The first kappa shape index (κ1) is 20.1. The number of halogens is 1. The maximum Gasteiger partial charge on any atom is 0.229 e. The fourth-order valence-corrected chi connectivity index (χ4v) is 3.49. The highest BCUT2D eigenvalue weighted by molar-refractivity contribution is 5.61. The molecule has 1 aromatic heterocycles.